The van der Waals surface area contributed by atoms with E-state index in [1.165, 1.54) is 76.2 Å². The van der Waals surface area contributed by atoms with Crippen molar-refractivity contribution in [2.75, 3.05) is 10.6 Å². The zero-order chi connectivity index (χ0) is 61.0. The van der Waals surface area contributed by atoms with Gasteiger partial charge in [0.05, 0.1) is 46.9 Å². The second-order valence-electron chi connectivity index (χ2n) is 20.8. The summed E-state index contributed by atoms with van der Waals surface area (Å²) in [6.07, 6.45) is -5.54. The van der Waals surface area contributed by atoms with Gasteiger partial charge in [-0.15, -0.1) is 0 Å². The number of carboxylic acids is 2. The van der Waals surface area contributed by atoms with Crippen LogP contribution < -0.4 is 20.8 Å². The van der Waals surface area contributed by atoms with Crippen LogP contribution in [0.4, 0.5) is 20.2 Å². The number of carboxylic acid groups (broad SMARTS) is 2. The summed E-state index contributed by atoms with van der Waals surface area (Å²) >= 11 is 3.00. The van der Waals surface area contributed by atoms with Crippen LogP contribution >= 0.6 is 0 Å². The number of aromatic nitrogens is 2. The molecule has 0 unspecified atom stereocenters. The molecule has 8 aromatic rings. The zero-order valence-corrected chi connectivity index (χ0v) is 52.0. The van der Waals surface area contributed by atoms with Gasteiger partial charge >= 0.3 is 51.9 Å². The van der Waals surface area contributed by atoms with Crippen molar-refractivity contribution in [1.82, 2.24) is 9.13 Å². The maximum atomic E-state index is 14.0. The summed E-state index contributed by atoms with van der Waals surface area (Å²) < 4.78 is 32.0. The third kappa shape index (κ3) is 18.5. The van der Waals surface area contributed by atoms with Gasteiger partial charge in [-0.1, -0.05) is 125 Å². The first kappa shape index (κ1) is 67.1. The Morgan fingerprint density at radius 2 is 0.762 bits per heavy atom. The van der Waals surface area contributed by atoms with Gasteiger partial charge in [0, 0.05) is 71.8 Å². The molecule has 2 heterocycles. The maximum absolute atomic E-state index is 14.0. The molecule has 0 aliphatic rings. The van der Waals surface area contributed by atoms with Crippen molar-refractivity contribution in [1.29, 1.82) is 0 Å². The van der Waals surface area contributed by atoms with Gasteiger partial charge in [0.15, 0.2) is 0 Å². The van der Waals surface area contributed by atoms with Crippen LogP contribution in [0.15, 0.2) is 170 Å². The minimum atomic E-state index is -1.39. The fraction of sp³-hybridized carbons (Fsp3) is 0.273. The third-order valence-corrected chi connectivity index (χ3v) is 13.8. The Hall–Kier alpha value is -6.02. The third-order valence-electron chi connectivity index (χ3n) is 13.8. The van der Waals surface area contributed by atoms with Crippen LogP contribution in [0.5, 0.6) is 0 Å². The topological polar surface area (TPSA) is 229 Å². The molecule has 0 aliphatic heterocycles. The van der Waals surface area contributed by atoms with Gasteiger partial charge in [0.25, 0.3) is 11.8 Å². The first-order valence-corrected chi connectivity index (χ1v) is 35.8. The van der Waals surface area contributed by atoms with Crippen LogP contribution in [-0.2, 0) is 22.7 Å². The van der Waals surface area contributed by atoms with Gasteiger partial charge in [0.2, 0.25) is 0 Å². The van der Waals surface area contributed by atoms with E-state index in [1.54, 1.807) is 48.5 Å². The SMILES string of the molecule is CC(C)c1c(C(=O)Nc2ccccc2)c(-c2ccccc2)c(-c2ccc(F)cc2)n1CC[C@@H](O)C[C@@H](O)CC(=O)[O-].CC(C)c1c(C(=O)Nc2ccccc2)c(-c2ccccc2)c(-c2ccc(F)cc2)n1CC[C@@H](O)C[C@@H](O)CC(=O)[O-].[Ca][Ca+]. The van der Waals surface area contributed by atoms with E-state index in [0.29, 0.717) is 56.1 Å². The van der Waals surface area contributed by atoms with Crippen molar-refractivity contribution in [2.45, 2.75) is 116 Å². The van der Waals surface area contributed by atoms with Gasteiger partial charge in [0.1, 0.15) is 11.6 Å². The van der Waals surface area contributed by atoms with Crippen LogP contribution in [0.2, 0.25) is 0 Å². The fourth-order valence-corrected chi connectivity index (χ4v) is 10.4. The van der Waals surface area contributed by atoms with Crippen molar-refractivity contribution < 1.29 is 58.6 Å². The van der Waals surface area contributed by atoms with Gasteiger partial charge in [-0.3, -0.25) is 9.59 Å². The number of nitrogens with zero attached hydrogens (tertiary/aromatic N) is 2. The normalized spacial score (nSPS) is 12.5. The molecule has 14 nitrogen and oxygen atoms in total. The van der Waals surface area contributed by atoms with E-state index >= 15 is 0 Å². The van der Waals surface area contributed by atoms with E-state index in [-0.39, 0.29) is 62.4 Å². The molecule has 0 saturated heterocycles. The number of benzene rings is 6. The Morgan fingerprint density at radius 1 is 0.464 bits per heavy atom. The summed E-state index contributed by atoms with van der Waals surface area (Å²) in [4.78, 5) is 49.8. The molecule has 84 heavy (non-hydrogen) atoms. The number of amides is 2. The number of aliphatic carboxylic acids is 2. The van der Waals surface area contributed by atoms with E-state index in [1.807, 2.05) is 134 Å². The van der Waals surface area contributed by atoms with Crippen LogP contribution in [0.1, 0.15) is 110 Å². The summed E-state index contributed by atoms with van der Waals surface area (Å²) in [7, 11) is 0. The Balaban J connectivity index is 0.000000262. The molecule has 0 saturated carbocycles. The van der Waals surface area contributed by atoms with Crippen molar-refractivity contribution in [3.8, 4) is 44.8 Å². The van der Waals surface area contributed by atoms with E-state index < -0.39 is 60.8 Å². The molecule has 1 radical (unpaired) electrons. The number of aliphatic hydroxyl groups excluding tert-OH is 4. The molecule has 2 amide bonds. The molecular formula is C66H68Ca2F2N4O10-. The predicted molar refractivity (Wildman–Crippen MR) is 321 cm³/mol. The Bertz CT molecular complexity index is 3170. The Labute approximate surface area is 524 Å². The molecule has 0 spiro atoms. The Morgan fingerprint density at radius 3 is 1.05 bits per heavy atom. The van der Waals surface area contributed by atoms with Crippen molar-refractivity contribution in [3.63, 3.8) is 0 Å². The molecule has 0 bridgehead atoms. The molecule has 2 aromatic heterocycles. The van der Waals surface area contributed by atoms with Crippen molar-refractivity contribution >= 4 is 87.0 Å². The van der Waals surface area contributed by atoms with Crippen molar-refractivity contribution in [2.24, 2.45) is 0 Å². The number of halogens is 2. The quantitative estimate of drug-likeness (QED) is 0.0314. The van der Waals surface area contributed by atoms with Gasteiger partial charge in [-0.05, 0) is 133 Å². The van der Waals surface area contributed by atoms with Gasteiger partial charge in [-0.25, -0.2) is 8.78 Å². The molecule has 6 N–H and O–H groups in total. The number of aliphatic hydroxyl groups is 4. The van der Waals surface area contributed by atoms with Gasteiger partial charge in [-0.2, -0.15) is 0 Å². The fourth-order valence-electron chi connectivity index (χ4n) is 10.4. The second-order valence-corrected chi connectivity index (χ2v) is 20.8. The number of hydrogen-bond donors (Lipinski definition) is 6. The van der Waals surface area contributed by atoms with Crippen LogP contribution in [-0.4, -0.2) is 130 Å². The average Bonchev–Trinajstić information content (AvgIpc) is 1.98. The summed E-state index contributed by atoms with van der Waals surface area (Å²) in [6, 6.07) is 49.4. The summed E-state index contributed by atoms with van der Waals surface area (Å²) in [5, 5.41) is 69.2. The molecule has 8 rings (SSSR count). The average molecular weight is 1200 g/mol. The van der Waals surface area contributed by atoms with Crippen LogP contribution in [0, 0.1) is 11.6 Å². The Kier molecular flexibility index (Phi) is 26.4. The van der Waals surface area contributed by atoms with Crippen LogP contribution in [0.25, 0.3) is 44.8 Å². The van der Waals surface area contributed by atoms with Crippen molar-refractivity contribution in [3.05, 3.63) is 204 Å². The standard InChI is InChI=1S/2C33H35FN2O5.2Ca/c2*1-21(2)31-30(33(41)35-25-11-7-4-8-12-25)29(22-9-5-3-6-10-22)32(23-13-15-24(34)16-14-23)36(31)18-17-26(37)19-27(38)20-28(39)40;;/h2*3-16,21,26-27,37-38H,17-20H2,1-2H3,(H,35,41)(H,39,40);;/q;;;+1/p-2/t2*26-,27-;;/m11../s1. The number of carbonyl (C=O) groups excluding carboxylic acids is 4. The zero-order valence-electron chi connectivity index (χ0n) is 47.6. The number of carbonyl (C=O) groups is 4. The second kappa shape index (κ2) is 33.0. The number of para-hydroxylation sites is 2. The predicted octanol–water partition coefficient (Wildman–Crippen LogP) is 9.20. The monoisotopic (exact) mass is 1190 g/mol. The van der Waals surface area contributed by atoms with Crippen LogP contribution in [0.3, 0.4) is 0 Å². The first-order valence-electron chi connectivity index (χ1n) is 27.8. The number of hydrogen-bond acceptors (Lipinski definition) is 10. The molecule has 431 valence electrons. The molecule has 0 fully saturated rings. The molecular weight excluding hydrogens is 1130 g/mol. The van der Waals surface area contributed by atoms with Gasteiger partial charge < -0.3 is 60.0 Å². The minimum absolute atomic E-state index is 0.121. The summed E-state index contributed by atoms with van der Waals surface area (Å²) in [5.41, 5.74) is 9.43. The van der Waals surface area contributed by atoms with E-state index in [4.69, 9.17) is 0 Å². The first-order chi connectivity index (χ1) is 40.3. The van der Waals surface area contributed by atoms with E-state index in [2.05, 4.69) is 10.6 Å². The number of rotatable bonds is 24. The van der Waals surface area contributed by atoms with E-state index in [9.17, 15) is 58.6 Å². The summed E-state index contributed by atoms with van der Waals surface area (Å²) in [5.74, 6) is -4.41. The molecule has 4 atom stereocenters. The number of anilines is 2. The molecule has 18 heteroatoms. The van der Waals surface area contributed by atoms with E-state index in [0.717, 1.165) is 22.5 Å². The summed E-state index contributed by atoms with van der Waals surface area (Å²) in [6.45, 7) is 8.45. The molecule has 0 aliphatic carbocycles. The number of nitrogens with one attached hydrogen (secondary N) is 2. The molecule has 6 aromatic carbocycles.